The van der Waals surface area contributed by atoms with Crippen molar-refractivity contribution in [2.45, 2.75) is 13.1 Å². The standard InChI is InChI=1S/C15H11ClF3NO3/c1-3-12(15(17,18)19)13(14(21)22-4-2)23-11-6-9(8-20)5-10(16)7-11/h3,5-7H,1,4H2,2H3. The minimum atomic E-state index is -4.87. The number of nitrogens with zero attached hydrogens (tertiary/aromatic N) is 1. The summed E-state index contributed by atoms with van der Waals surface area (Å²) < 4.78 is 48.6. The third-order valence-corrected chi connectivity index (χ3v) is 2.65. The molecule has 0 atom stereocenters. The van der Waals surface area contributed by atoms with Crippen LogP contribution in [0.15, 0.2) is 42.2 Å². The first-order chi connectivity index (χ1) is 10.7. The predicted molar refractivity (Wildman–Crippen MR) is 76.7 cm³/mol. The van der Waals surface area contributed by atoms with Gasteiger partial charge in [0.1, 0.15) is 11.3 Å². The van der Waals surface area contributed by atoms with E-state index in [4.69, 9.17) is 21.6 Å². The Bertz CT molecular complexity index is 690. The van der Waals surface area contributed by atoms with E-state index in [-0.39, 0.29) is 22.9 Å². The predicted octanol–water partition coefficient (Wildman–Crippen LogP) is 4.16. The highest BCUT2D eigenvalue weighted by Crippen LogP contribution is 2.31. The fourth-order valence-electron chi connectivity index (χ4n) is 1.54. The zero-order chi connectivity index (χ0) is 17.6. The highest BCUT2D eigenvalue weighted by molar-refractivity contribution is 6.30. The molecule has 0 radical (unpaired) electrons. The largest absolute Gasteiger partial charge is 0.460 e. The van der Waals surface area contributed by atoms with Crippen molar-refractivity contribution in [2.24, 2.45) is 0 Å². The van der Waals surface area contributed by atoms with Crippen LogP contribution in [0.1, 0.15) is 12.5 Å². The Morgan fingerprint density at radius 1 is 1.43 bits per heavy atom. The van der Waals surface area contributed by atoms with Gasteiger partial charge in [-0.3, -0.25) is 0 Å². The summed E-state index contributed by atoms with van der Waals surface area (Å²) in [5.41, 5.74) is -1.34. The molecule has 0 unspecified atom stereocenters. The fourth-order valence-corrected chi connectivity index (χ4v) is 1.77. The van der Waals surface area contributed by atoms with Crippen molar-refractivity contribution in [3.05, 3.63) is 52.8 Å². The molecule has 0 amide bonds. The Kier molecular flexibility index (Phi) is 6.22. The fraction of sp³-hybridized carbons (Fsp3) is 0.200. The van der Waals surface area contributed by atoms with E-state index in [1.807, 2.05) is 0 Å². The van der Waals surface area contributed by atoms with E-state index >= 15 is 0 Å². The molecule has 122 valence electrons. The van der Waals surface area contributed by atoms with Crippen molar-refractivity contribution in [3.63, 3.8) is 0 Å². The normalized spacial score (nSPS) is 12.0. The molecular weight excluding hydrogens is 335 g/mol. The lowest BCUT2D eigenvalue weighted by Crippen LogP contribution is -2.22. The summed E-state index contributed by atoms with van der Waals surface area (Å²) in [4.78, 5) is 11.8. The van der Waals surface area contributed by atoms with Crippen LogP contribution in [0, 0.1) is 11.3 Å². The van der Waals surface area contributed by atoms with Gasteiger partial charge >= 0.3 is 12.1 Å². The van der Waals surface area contributed by atoms with Gasteiger partial charge in [-0.25, -0.2) is 4.79 Å². The smallest absolute Gasteiger partial charge is 0.420 e. The number of benzene rings is 1. The second-order valence-electron chi connectivity index (χ2n) is 4.05. The summed E-state index contributed by atoms with van der Waals surface area (Å²) >= 11 is 5.75. The van der Waals surface area contributed by atoms with Crippen LogP contribution < -0.4 is 4.74 Å². The van der Waals surface area contributed by atoms with Gasteiger partial charge in [0.05, 0.1) is 18.2 Å². The van der Waals surface area contributed by atoms with Crippen LogP contribution in [0.5, 0.6) is 5.75 Å². The summed E-state index contributed by atoms with van der Waals surface area (Å²) in [6.07, 6.45) is -4.43. The van der Waals surface area contributed by atoms with Crippen molar-refractivity contribution < 1.29 is 27.4 Å². The molecule has 0 aromatic heterocycles. The van der Waals surface area contributed by atoms with Gasteiger partial charge in [-0.1, -0.05) is 24.3 Å². The van der Waals surface area contributed by atoms with Gasteiger partial charge in [0, 0.05) is 5.02 Å². The summed E-state index contributed by atoms with van der Waals surface area (Å²) in [7, 11) is 0. The summed E-state index contributed by atoms with van der Waals surface area (Å²) in [5, 5.41) is 8.90. The van der Waals surface area contributed by atoms with Crippen molar-refractivity contribution in [3.8, 4) is 11.8 Å². The first-order valence-corrected chi connectivity index (χ1v) is 6.60. The quantitative estimate of drug-likeness (QED) is 0.348. The van der Waals surface area contributed by atoms with Crippen LogP contribution in [-0.4, -0.2) is 18.8 Å². The average molecular weight is 346 g/mol. The van der Waals surface area contributed by atoms with Crippen LogP contribution in [0.25, 0.3) is 0 Å². The molecule has 0 aliphatic carbocycles. The van der Waals surface area contributed by atoms with E-state index in [1.54, 1.807) is 6.07 Å². The van der Waals surface area contributed by atoms with E-state index in [0.29, 0.717) is 6.08 Å². The Hall–Kier alpha value is -2.46. The second-order valence-corrected chi connectivity index (χ2v) is 4.49. The van der Waals surface area contributed by atoms with E-state index in [1.165, 1.54) is 19.1 Å². The number of nitriles is 1. The molecule has 1 aromatic rings. The van der Waals surface area contributed by atoms with Crippen molar-refractivity contribution in [1.82, 2.24) is 0 Å². The van der Waals surface area contributed by atoms with Crippen LogP contribution >= 0.6 is 11.6 Å². The maximum atomic E-state index is 13.0. The van der Waals surface area contributed by atoms with E-state index < -0.39 is 23.5 Å². The maximum Gasteiger partial charge on any atom is 0.420 e. The monoisotopic (exact) mass is 345 g/mol. The zero-order valence-corrected chi connectivity index (χ0v) is 12.7. The van der Waals surface area contributed by atoms with Crippen LogP contribution in [0.2, 0.25) is 5.02 Å². The number of ether oxygens (including phenoxy) is 2. The van der Waals surface area contributed by atoms with Gasteiger partial charge < -0.3 is 9.47 Å². The van der Waals surface area contributed by atoms with Crippen LogP contribution in [0.4, 0.5) is 13.2 Å². The molecule has 4 nitrogen and oxygen atoms in total. The third kappa shape index (κ3) is 5.04. The minimum absolute atomic E-state index is 0.0582. The van der Waals surface area contributed by atoms with E-state index in [2.05, 4.69) is 11.3 Å². The number of halogens is 4. The molecule has 8 heteroatoms. The summed E-state index contributed by atoms with van der Waals surface area (Å²) in [5.74, 6) is -2.60. The Morgan fingerprint density at radius 3 is 2.57 bits per heavy atom. The highest BCUT2D eigenvalue weighted by atomic mass is 35.5. The number of carbonyl (C=O) groups excluding carboxylic acids is 1. The Morgan fingerprint density at radius 2 is 2.09 bits per heavy atom. The third-order valence-electron chi connectivity index (χ3n) is 2.44. The van der Waals surface area contributed by atoms with Crippen molar-refractivity contribution in [1.29, 1.82) is 5.26 Å². The number of alkyl halides is 3. The number of allylic oxidation sites excluding steroid dienone is 2. The molecule has 0 heterocycles. The average Bonchev–Trinajstić information content (AvgIpc) is 2.45. The number of esters is 1. The molecule has 0 saturated carbocycles. The Labute approximate surface area is 135 Å². The van der Waals surface area contributed by atoms with Gasteiger partial charge in [0.15, 0.2) is 0 Å². The molecule has 23 heavy (non-hydrogen) atoms. The van der Waals surface area contributed by atoms with Gasteiger partial charge in [-0.2, -0.15) is 18.4 Å². The topological polar surface area (TPSA) is 59.3 Å². The lowest BCUT2D eigenvalue weighted by Gasteiger charge is -2.15. The van der Waals surface area contributed by atoms with Gasteiger partial charge in [-0.15, -0.1) is 0 Å². The molecule has 1 rings (SSSR count). The molecule has 0 fully saturated rings. The Balaban J connectivity index is 3.41. The van der Waals surface area contributed by atoms with Crippen LogP contribution in [0.3, 0.4) is 0 Å². The number of carbonyl (C=O) groups is 1. The highest BCUT2D eigenvalue weighted by Gasteiger charge is 2.38. The number of rotatable bonds is 5. The lowest BCUT2D eigenvalue weighted by atomic mass is 10.2. The molecule has 1 aromatic carbocycles. The lowest BCUT2D eigenvalue weighted by molar-refractivity contribution is -0.142. The minimum Gasteiger partial charge on any atom is -0.460 e. The number of hydrogen-bond donors (Lipinski definition) is 0. The van der Waals surface area contributed by atoms with E-state index in [0.717, 1.165) is 6.07 Å². The van der Waals surface area contributed by atoms with Crippen LogP contribution in [-0.2, 0) is 9.53 Å². The molecule has 0 N–H and O–H groups in total. The maximum absolute atomic E-state index is 13.0. The first-order valence-electron chi connectivity index (χ1n) is 6.22. The van der Waals surface area contributed by atoms with Crippen molar-refractivity contribution in [2.75, 3.05) is 6.61 Å². The molecule has 0 aliphatic rings. The molecular formula is C15H11ClF3NO3. The van der Waals surface area contributed by atoms with Gasteiger partial charge in [0.25, 0.3) is 0 Å². The summed E-state index contributed by atoms with van der Waals surface area (Å²) in [6.45, 7) is 4.33. The molecule has 0 saturated heterocycles. The van der Waals surface area contributed by atoms with Gasteiger partial charge in [-0.05, 0) is 25.1 Å². The van der Waals surface area contributed by atoms with E-state index in [9.17, 15) is 18.0 Å². The van der Waals surface area contributed by atoms with Crippen molar-refractivity contribution >= 4 is 17.6 Å². The number of hydrogen-bond acceptors (Lipinski definition) is 4. The SMILES string of the molecule is C=CC(=C(Oc1cc(Cl)cc(C#N)c1)C(=O)OCC)C(F)(F)F. The zero-order valence-electron chi connectivity index (χ0n) is 11.9. The molecule has 0 bridgehead atoms. The second kappa shape index (κ2) is 7.70. The molecule has 0 spiro atoms. The summed E-state index contributed by atoms with van der Waals surface area (Å²) in [6, 6.07) is 5.37. The first kappa shape index (κ1) is 18.6. The van der Waals surface area contributed by atoms with Gasteiger partial charge in [0.2, 0.25) is 5.76 Å². The molecule has 0 aliphatic heterocycles.